The average molecular weight is 689 g/mol. The highest BCUT2D eigenvalue weighted by atomic mass is 15.2. The fourth-order valence-electron chi connectivity index (χ4n) is 10.3. The summed E-state index contributed by atoms with van der Waals surface area (Å²) in [6, 6.07) is 6.44. The second-order valence-electron chi connectivity index (χ2n) is 19.9. The zero-order valence-electron chi connectivity index (χ0n) is 35.6. The molecule has 0 amide bonds. The molecule has 0 N–H and O–H groups in total. The van der Waals surface area contributed by atoms with Gasteiger partial charge in [-0.2, -0.15) is 0 Å². The second-order valence-corrected chi connectivity index (χ2v) is 19.9. The summed E-state index contributed by atoms with van der Waals surface area (Å²) in [6.07, 6.45) is 13.1. The molecule has 1 spiro atoms. The molecule has 4 saturated heterocycles. The van der Waals surface area contributed by atoms with Crippen LogP contribution in [-0.4, -0.2) is 94.1 Å². The Labute approximate surface area is 310 Å². The van der Waals surface area contributed by atoms with Crippen LogP contribution >= 0.6 is 0 Å². The van der Waals surface area contributed by atoms with E-state index < -0.39 is 0 Å². The summed E-state index contributed by atoms with van der Waals surface area (Å²) in [5, 5.41) is 0. The predicted octanol–water partition coefficient (Wildman–Crippen LogP) is 11.3. The van der Waals surface area contributed by atoms with Crippen molar-refractivity contribution >= 4 is 0 Å². The van der Waals surface area contributed by atoms with Crippen molar-refractivity contribution in [2.75, 3.05) is 26.2 Å². The van der Waals surface area contributed by atoms with Crippen molar-refractivity contribution in [3.05, 3.63) is 0 Å². The van der Waals surface area contributed by atoms with E-state index in [1.165, 1.54) is 84.0 Å². The van der Waals surface area contributed by atoms with E-state index in [9.17, 15) is 0 Å². The third-order valence-corrected chi connectivity index (χ3v) is 13.4. The minimum Gasteiger partial charge on any atom is -0.298 e. The Hall–Kier alpha value is -0.160. The molecular formula is C45H92N4. The standard InChI is InChI=1S/C12H23N.C11H21N.C11H23N.C10H21N.CH4/c1-9(2)11-7-12(5-6-12)8-13(11)10(3)4;1-7(2)11-10-5-9(10)6-12(11)8(3)4;1-9(2)11-7-5-6-8-12(11)10(3)4;1-8(2)10-6-5-7-11(10)9(3)4;/h9-11H,5-8H2,1-4H3;7-11H,5-6H2,1-4H3;9-11H,5-8H2,1-4H3;8-10H,5-7H2,1-4H3;1H4. The molecule has 6 rings (SSSR count). The van der Waals surface area contributed by atoms with Gasteiger partial charge in [0.1, 0.15) is 0 Å². The molecule has 292 valence electrons. The van der Waals surface area contributed by atoms with Crippen LogP contribution in [0, 0.1) is 40.9 Å². The van der Waals surface area contributed by atoms with Gasteiger partial charge in [0.15, 0.2) is 0 Å². The summed E-state index contributed by atoms with van der Waals surface area (Å²) >= 11 is 0. The lowest BCUT2D eigenvalue weighted by molar-refractivity contribution is 0.0808. The molecule has 4 nitrogen and oxygen atoms in total. The number of rotatable bonds is 8. The molecule has 49 heavy (non-hydrogen) atoms. The zero-order chi connectivity index (χ0) is 36.1. The maximum Gasteiger partial charge on any atom is 0.0152 e. The van der Waals surface area contributed by atoms with Gasteiger partial charge in [-0.3, -0.25) is 19.6 Å². The van der Waals surface area contributed by atoms with E-state index in [1.807, 2.05) is 0 Å². The lowest BCUT2D eigenvalue weighted by atomic mass is 9.92. The number of piperidine rings is 2. The molecule has 0 radical (unpaired) electrons. The van der Waals surface area contributed by atoms with E-state index in [2.05, 4.69) is 130 Å². The highest BCUT2D eigenvalue weighted by Crippen LogP contribution is 2.56. The Kier molecular flexibility index (Phi) is 18.2. The molecule has 4 heterocycles. The highest BCUT2D eigenvalue weighted by Gasteiger charge is 2.54. The van der Waals surface area contributed by atoms with Crippen molar-refractivity contribution in [3.8, 4) is 0 Å². The van der Waals surface area contributed by atoms with Crippen LogP contribution in [0.2, 0.25) is 0 Å². The quantitative estimate of drug-likeness (QED) is 0.252. The maximum absolute atomic E-state index is 2.73. The van der Waals surface area contributed by atoms with Gasteiger partial charge in [-0.05, 0) is 161 Å². The van der Waals surface area contributed by atoms with Gasteiger partial charge in [-0.25, -0.2) is 0 Å². The third kappa shape index (κ3) is 12.5. The van der Waals surface area contributed by atoms with Gasteiger partial charge in [0.05, 0.1) is 0 Å². The number of hydrogen-bond donors (Lipinski definition) is 0. The minimum atomic E-state index is 0. The molecule has 6 fully saturated rings. The first-order chi connectivity index (χ1) is 22.4. The molecule has 0 aromatic rings. The van der Waals surface area contributed by atoms with Crippen LogP contribution < -0.4 is 0 Å². The van der Waals surface area contributed by atoms with Crippen LogP contribution in [-0.2, 0) is 0 Å². The molecule has 2 saturated carbocycles. The topological polar surface area (TPSA) is 13.0 Å². The van der Waals surface area contributed by atoms with Gasteiger partial charge in [0, 0.05) is 61.4 Å². The van der Waals surface area contributed by atoms with Gasteiger partial charge in [-0.15, -0.1) is 0 Å². The van der Waals surface area contributed by atoms with Crippen LogP contribution in [0.1, 0.15) is 176 Å². The monoisotopic (exact) mass is 689 g/mol. The molecule has 6 aliphatic rings. The first-order valence-corrected chi connectivity index (χ1v) is 21.4. The summed E-state index contributed by atoms with van der Waals surface area (Å²) in [4.78, 5) is 10.8. The van der Waals surface area contributed by atoms with E-state index >= 15 is 0 Å². The molecule has 4 aliphatic heterocycles. The van der Waals surface area contributed by atoms with Crippen molar-refractivity contribution in [1.29, 1.82) is 0 Å². The first kappa shape index (κ1) is 45.0. The van der Waals surface area contributed by atoms with Gasteiger partial charge in [-0.1, -0.05) is 69.2 Å². The SMILES string of the molecule is C.CC(C)C1C2CC2CN1C(C)C.CC(C)C1CC2(CC2)CN1C(C)C.CC(C)C1CCCCN1C(C)C.CC(C)C1CCCN1C(C)C. The largest absolute Gasteiger partial charge is 0.298 e. The Balaban J connectivity index is 0.000000226. The zero-order valence-corrected chi connectivity index (χ0v) is 35.6. The minimum absolute atomic E-state index is 0. The van der Waals surface area contributed by atoms with Crippen LogP contribution in [0.3, 0.4) is 0 Å². The van der Waals surface area contributed by atoms with Crippen LogP contribution in [0.15, 0.2) is 0 Å². The average Bonchev–Trinajstić information content (AvgIpc) is 3.73. The molecule has 0 aromatic heterocycles. The van der Waals surface area contributed by atoms with Crippen molar-refractivity contribution in [1.82, 2.24) is 19.6 Å². The summed E-state index contributed by atoms with van der Waals surface area (Å²) in [5.74, 6) is 5.48. The van der Waals surface area contributed by atoms with Crippen LogP contribution in [0.4, 0.5) is 0 Å². The highest BCUT2D eigenvalue weighted by molar-refractivity contribution is 5.06. The van der Waals surface area contributed by atoms with Gasteiger partial charge in [0.25, 0.3) is 0 Å². The molecule has 4 heteroatoms. The Morgan fingerprint density at radius 1 is 0.490 bits per heavy atom. The number of likely N-dealkylation sites (tertiary alicyclic amines) is 4. The van der Waals surface area contributed by atoms with Crippen molar-refractivity contribution < 1.29 is 0 Å². The summed E-state index contributed by atoms with van der Waals surface area (Å²) < 4.78 is 0. The van der Waals surface area contributed by atoms with Gasteiger partial charge < -0.3 is 0 Å². The Bertz CT molecular complexity index is 845. The van der Waals surface area contributed by atoms with E-state index in [-0.39, 0.29) is 7.43 Å². The lowest BCUT2D eigenvalue weighted by Crippen LogP contribution is -2.46. The summed E-state index contributed by atoms with van der Waals surface area (Å²) in [6.45, 7) is 42.9. The van der Waals surface area contributed by atoms with Gasteiger partial charge in [0.2, 0.25) is 0 Å². The van der Waals surface area contributed by atoms with Crippen molar-refractivity contribution in [3.63, 3.8) is 0 Å². The van der Waals surface area contributed by atoms with Crippen LogP contribution in [0.5, 0.6) is 0 Å². The molecule has 6 atom stereocenters. The molecule has 2 aliphatic carbocycles. The Morgan fingerprint density at radius 2 is 0.939 bits per heavy atom. The lowest BCUT2D eigenvalue weighted by Gasteiger charge is -2.40. The first-order valence-electron chi connectivity index (χ1n) is 21.4. The van der Waals surface area contributed by atoms with E-state index in [1.54, 1.807) is 0 Å². The maximum atomic E-state index is 2.73. The van der Waals surface area contributed by atoms with Gasteiger partial charge >= 0.3 is 0 Å². The molecular weight excluding hydrogens is 597 g/mol. The van der Waals surface area contributed by atoms with E-state index in [4.69, 9.17) is 0 Å². The van der Waals surface area contributed by atoms with Crippen molar-refractivity contribution in [2.24, 2.45) is 40.9 Å². The fraction of sp³-hybridized carbons (Fsp3) is 1.00. The summed E-state index contributed by atoms with van der Waals surface area (Å²) in [5.41, 5.74) is 0.777. The molecule has 6 unspecified atom stereocenters. The summed E-state index contributed by atoms with van der Waals surface area (Å²) in [7, 11) is 0. The number of fused-ring (bicyclic) bond motifs is 1. The fourth-order valence-corrected chi connectivity index (χ4v) is 10.3. The number of nitrogens with zero attached hydrogens (tertiary/aromatic N) is 4. The number of hydrogen-bond acceptors (Lipinski definition) is 4. The predicted molar refractivity (Wildman–Crippen MR) is 220 cm³/mol. The van der Waals surface area contributed by atoms with E-state index in [0.29, 0.717) is 0 Å². The molecule has 0 bridgehead atoms. The molecule has 0 aromatic carbocycles. The third-order valence-electron chi connectivity index (χ3n) is 13.4. The Morgan fingerprint density at radius 3 is 1.29 bits per heavy atom. The second kappa shape index (κ2) is 19.8. The smallest absolute Gasteiger partial charge is 0.0152 e. The normalized spacial score (nSPS) is 31.3. The van der Waals surface area contributed by atoms with E-state index in [0.717, 1.165) is 89.3 Å². The van der Waals surface area contributed by atoms with Crippen LogP contribution in [0.25, 0.3) is 0 Å². The van der Waals surface area contributed by atoms with Crippen molar-refractivity contribution in [2.45, 2.75) is 224 Å².